The average Bonchev–Trinajstić information content (AvgIpc) is 3.12. The van der Waals surface area contributed by atoms with E-state index in [0.717, 1.165) is 12.1 Å². The van der Waals surface area contributed by atoms with Crippen LogP contribution < -0.4 is 9.88 Å². The van der Waals surface area contributed by atoms with Gasteiger partial charge in [-0.05, 0) is 19.9 Å². The summed E-state index contributed by atoms with van der Waals surface area (Å²) in [5.74, 6) is -0.184. The highest BCUT2D eigenvalue weighted by Crippen LogP contribution is 2.31. The minimum absolute atomic E-state index is 0.118. The number of nitrogens with zero attached hydrogens (tertiary/aromatic N) is 3. The molecular weight excluding hydrogens is 507 g/mol. The summed E-state index contributed by atoms with van der Waals surface area (Å²) in [5, 5.41) is 25.0. The van der Waals surface area contributed by atoms with Gasteiger partial charge in [-0.1, -0.05) is 0 Å². The lowest BCUT2D eigenvalue weighted by molar-refractivity contribution is -0.672. The van der Waals surface area contributed by atoms with Crippen molar-refractivity contribution in [2.24, 2.45) is 7.05 Å². The van der Waals surface area contributed by atoms with Gasteiger partial charge in [0.05, 0.1) is 23.5 Å². The number of esters is 1. The van der Waals surface area contributed by atoms with Gasteiger partial charge in [0, 0.05) is 29.8 Å². The predicted octanol–water partition coefficient (Wildman–Crippen LogP) is 2.14. The second-order valence-electron chi connectivity index (χ2n) is 7.43. The van der Waals surface area contributed by atoms with E-state index in [1.807, 2.05) is 13.8 Å². The summed E-state index contributed by atoms with van der Waals surface area (Å²) in [6, 6.07) is 3.60. The quantitative estimate of drug-likeness (QED) is 0.128. The largest absolute Gasteiger partial charge is 0.741 e. The van der Waals surface area contributed by atoms with Crippen molar-refractivity contribution in [3.05, 3.63) is 56.6 Å². The van der Waals surface area contributed by atoms with E-state index in [1.165, 1.54) is 6.07 Å². The van der Waals surface area contributed by atoms with E-state index in [9.17, 15) is 38.2 Å². The van der Waals surface area contributed by atoms with Crippen molar-refractivity contribution < 1.29 is 50.1 Å². The highest BCUT2D eigenvalue weighted by atomic mass is 32.2. The Hall–Kier alpha value is -3.80. The van der Waals surface area contributed by atoms with Gasteiger partial charge in [0.2, 0.25) is 0 Å². The number of carbonyl (C=O) groups excluding carboxylic acids is 1. The topological polar surface area (TPSA) is 201 Å². The molecule has 35 heavy (non-hydrogen) atoms. The molecule has 2 N–H and O–H groups in total. The van der Waals surface area contributed by atoms with Crippen LogP contribution in [0.2, 0.25) is 0 Å². The fraction of sp³-hybridized carbons (Fsp3) is 0.412. The number of H-pyrrole nitrogens is 1. The lowest BCUT2D eigenvalue weighted by atomic mass is 10.0. The van der Waals surface area contributed by atoms with Crippen LogP contribution in [0.5, 0.6) is 0 Å². The molecule has 1 aromatic carbocycles. The zero-order valence-electron chi connectivity index (χ0n) is 18.4. The van der Waals surface area contributed by atoms with Gasteiger partial charge in [0.1, 0.15) is 12.4 Å². The Morgan fingerprint density at radius 3 is 2.14 bits per heavy atom. The van der Waals surface area contributed by atoms with Gasteiger partial charge in [-0.2, -0.15) is 13.2 Å². The van der Waals surface area contributed by atoms with E-state index >= 15 is 0 Å². The highest BCUT2D eigenvalue weighted by molar-refractivity contribution is 7.86. The van der Waals surface area contributed by atoms with Gasteiger partial charge in [0.15, 0.2) is 10.1 Å². The van der Waals surface area contributed by atoms with E-state index in [4.69, 9.17) is 17.7 Å². The number of aromatic amines is 1. The van der Waals surface area contributed by atoms with Crippen molar-refractivity contribution in [3.63, 3.8) is 0 Å². The number of benzene rings is 1. The molecule has 0 bridgehead atoms. The maximum Gasteiger partial charge on any atom is 0.485 e. The summed E-state index contributed by atoms with van der Waals surface area (Å²) in [5.41, 5.74) is -7.03. The van der Waals surface area contributed by atoms with E-state index < -0.39 is 48.4 Å². The molecule has 0 unspecified atom stereocenters. The maximum atomic E-state index is 12.0. The Balaban J connectivity index is 0.000000658. The minimum atomic E-state index is -6.09. The Bertz CT molecular complexity index is 1200. The third-order valence-electron chi connectivity index (χ3n) is 4.16. The fourth-order valence-corrected chi connectivity index (χ4v) is 2.43. The lowest BCUT2D eigenvalue weighted by Crippen LogP contribution is -2.36. The molecule has 0 atom stereocenters. The minimum Gasteiger partial charge on any atom is -0.741 e. The fourth-order valence-electron chi connectivity index (χ4n) is 2.43. The molecule has 0 aliphatic rings. The summed E-state index contributed by atoms with van der Waals surface area (Å²) in [6.07, 6.45) is 3.71. The van der Waals surface area contributed by atoms with Crippen molar-refractivity contribution in [3.8, 4) is 0 Å². The first kappa shape index (κ1) is 29.2. The number of alkyl halides is 3. The molecule has 0 aliphatic heterocycles. The van der Waals surface area contributed by atoms with Crippen LogP contribution in [0.25, 0.3) is 0 Å². The molecule has 18 heteroatoms. The number of aryl methyl sites for hydroxylation is 1. The number of anilines is 1. The average molecular weight is 527 g/mol. The van der Waals surface area contributed by atoms with Gasteiger partial charge in [-0.3, -0.25) is 20.2 Å². The Labute approximate surface area is 195 Å². The second kappa shape index (κ2) is 11.1. The number of carbonyl (C=O) groups is 1. The van der Waals surface area contributed by atoms with E-state index in [2.05, 4.69) is 10.3 Å². The number of nitro benzene ring substituents is 2. The molecule has 0 saturated carbocycles. The smallest absolute Gasteiger partial charge is 0.485 e. The summed E-state index contributed by atoms with van der Waals surface area (Å²) < 4.78 is 65.7. The maximum absolute atomic E-state index is 12.0. The van der Waals surface area contributed by atoms with Crippen molar-refractivity contribution >= 4 is 33.1 Å². The summed E-state index contributed by atoms with van der Waals surface area (Å²) in [6.45, 7) is 3.76. The number of hydrogen-bond acceptors (Lipinski definition) is 10. The van der Waals surface area contributed by atoms with Gasteiger partial charge >= 0.3 is 28.7 Å². The number of halogens is 3. The Morgan fingerprint density at radius 2 is 1.71 bits per heavy atom. The molecule has 1 aromatic heterocycles. The van der Waals surface area contributed by atoms with Gasteiger partial charge < -0.3 is 14.6 Å². The second-order valence-corrected chi connectivity index (χ2v) is 8.80. The van der Waals surface area contributed by atoms with Crippen molar-refractivity contribution in [2.45, 2.75) is 31.3 Å². The van der Waals surface area contributed by atoms with E-state index in [-0.39, 0.29) is 6.61 Å². The first-order chi connectivity index (χ1) is 15.9. The SMILES string of the molecule is C[n+]1cc[nH]c1C(=O)OCCC(C)(C)Nc1ccc([N+](=O)[O-])c([N+](=O)[O-])c1.O=S(=O)([O-])C(F)(F)F. The van der Waals surface area contributed by atoms with Crippen LogP contribution in [-0.2, 0) is 21.9 Å². The number of hydrogen-bond donors (Lipinski definition) is 2. The number of aromatic nitrogens is 2. The molecular formula is C17H20F3N5O9S. The first-order valence-electron chi connectivity index (χ1n) is 9.29. The first-order valence-corrected chi connectivity index (χ1v) is 10.7. The summed E-state index contributed by atoms with van der Waals surface area (Å²) in [7, 11) is -4.38. The molecule has 0 fully saturated rings. The van der Waals surface area contributed by atoms with Crippen molar-refractivity contribution in [2.75, 3.05) is 11.9 Å². The predicted molar refractivity (Wildman–Crippen MR) is 110 cm³/mol. The van der Waals surface area contributed by atoms with Gasteiger partial charge in [0.25, 0.3) is 0 Å². The zero-order chi connectivity index (χ0) is 27.2. The molecule has 0 radical (unpaired) electrons. The molecule has 0 aliphatic carbocycles. The molecule has 14 nitrogen and oxygen atoms in total. The standard InChI is InChI=1S/C16H19N5O6.CHF3O3S/c1-16(2,6-9-27-15(22)14-17-7-8-19(14)3)18-11-4-5-12(20(23)24)13(10-11)21(25)26;2-1(3,4)8(5,6)7/h4-5,7-8,10,18H,6,9H2,1-3H3;(H,5,6,7). The molecule has 0 saturated heterocycles. The number of ether oxygens (including phenoxy) is 1. The van der Waals surface area contributed by atoms with Crippen LogP contribution in [0.3, 0.4) is 0 Å². The van der Waals surface area contributed by atoms with Crippen LogP contribution in [0, 0.1) is 20.2 Å². The third kappa shape index (κ3) is 8.81. The normalized spacial score (nSPS) is 11.7. The molecule has 0 spiro atoms. The summed E-state index contributed by atoms with van der Waals surface area (Å²) >= 11 is 0. The molecule has 2 aromatic rings. The van der Waals surface area contributed by atoms with Crippen molar-refractivity contribution in [1.29, 1.82) is 0 Å². The van der Waals surface area contributed by atoms with Gasteiger partial charge in [-0.25, -0.2) is 22.8 Å². The van der Waals surface area contributed by atoms with Crippen LogP contribution in [-0.4, -0.2) is 51.4 Å². The zero-order valence-corrected chi connectivity index (χ0v) is 19.2. The molecule has 2 rings (SSSR count). The van der Waals surface area contributed by atoms with Crippen LogP contribution in [0.1, 0.15) is 30.9 Å². The lowest BCUT2D eigenvalue weighted by Gasteiger charge is -2.27. The number of nitro groups is 2. The van der Waals surface area contributed by atoms with Crippen LogP contribution in [0.15, 0.2) is 30.6 Å². The molecule has 0 amide bonds. The van der Waals surface area contributed by atoms with E-state index in [1.54, 1.807) is 24.0 Å². The monoisotopic (exact) mass is 527 g/mol. The molecule has 1 heterocycles. The third-order valence-corrected chi connectivity index (χ3v) is 4.73. The van der Waals surface area contributed by atoms with Crippen molar-refractivity contribution in [1.82, 2.24) is 4.98 Å². The number of imidazole rings is 1. The van der Waals surface area contributed by atoms with Gasteiger partial charge in [-0.15, -0.1) is 0 Å². The Morgan fingerprint density at radius 1 is 1.17 bits per heavy atom. The highest BCUT2D eigenvalue weighted by Gasteiger charge is 2.37. The van der Waals surface area contributed by atoms with E-state index in [0.29, 0.717) is 17.9 Å². The van der Waals surface area contributed by atoms with Crippen LogP contribution in [0.4, 0.5) is 30.2 Å². The molecule has 194 valence electrons. The van der Waals surface area contributed by atoms with Crippen LogP contribution >= 0.6 is 0 Å². The number of nitrogens with one attached hydrogen (secondary N) is 2. The summed E-state index contributed by atoms with van der Waals surface area (Å²) in [4.78, 5) is 35.1. The number of rotatable bonds is 8. The Kier molecular flexibility index (Phi) is 9.26.